The van der Waals surface area contributed by atoms with Crippen LogP contribution in [0.5, 0.6) is 0 Å². The van der Waals surface area contributed by atoms with Crippen LogP contribution in [-0.2, 0) is 0 Å². The van der Waals surface area contributed by atoms with Gasteiger partial charge in [-0.15, -0.1) is 24.2 Å². The number of benzene rings is 1. The predicted octanol–water partition coefficient (Wildman–Crippen LogP) is 3.63. The van der Waals surface area contributed by atoms with E-state index < -0.39 is 0 Å². The summed E-state index contributed by atoms with van der Waals surface area (Å²) in [5.74, 6) is 1.12. The summed E-state index contributed by atoms with van der Waals surface area (Å²) in [6.07, 6.45) is 1.00. The van der Waals surface area contributed by atoms with Crippen molar-refractivity contribution in [3.63, 3.8) is 0 Å². The first-order chi connectivity index (χ1) is 6.27. The van der Waals surface area contributed by atoms with Crippen molar-refractivity contribution >= 4 is 24.2 Å². The number of rotatable bonds is 4. The molecule has 0 aliphatic heterocycles. The average Bonchev–Trinajstić information content (AvgIpc) is 2.18. The van der Waals surface area contributed by atoms with E-state index in [0.29, 0.717) is 0 Å². The Kier molecular flexibility index (Phi) is 7.06. The summed E-state index contributed by atoms with van der Waals surface area (Å²) in [6.45, 7) is 4.27. The second kappa shape index (κ2) is 7.16. The quantitative estimate of drug-likeness (QED) is 0.801. The van der Waals surface area contributed by atoms with Crippen molar-refractivity contribution in [2.75, 3.05) is 5.75 Å². The molecule has 0 bridgehead atoms. The number of hydrogen-bond acceptors (Lipinski definition) is 2. The van der Waals surface area contributed by atoms with E-state index in [1.807, 2.05) is 11.8 Å². The van der Waals surface area contributed by atoms with Gasteiger partial charge in [0.1, 0.15) is 0 Å². The van der Waals surface area contributed by atoms with Crippen LogP contribution in [0.25, 0.3) is 0 Å². The average molecular weight is 232 g/mol. The van der Waals surface area contributed by atoms with Crippen LogP contribution in [0.4, 0.5) is 0 Å². The molecule has 14 heavy (non-hydrogen) atoms. The normalized spacial score (nSPS) is 11.9. The van der Waals surface area contributed by atoms with Crippen molar-refractivity contribution < 1.29 is 0 Å². The van der Waals surface area contributed by atoms with E-state index in [0.717, 1.165) is 12.2 Å². The van der Waals surface area contributed by atoms with Crippen LogP contribution in [0.3, 0.4) is 0 Å². The van der Waals surface area contributed by atoms with E-state index in [2.05, 4.69) is 38.1 Å². The Balaban J connectivity index is 0.00000169. The third-order valence-corrected chi connectivity index (χ3v) is 2.95. The Hall–Kier alpha value is -0.180. The summed E-state index contributed by atoms with van der Waals surface area (Å²) in [7, 11) is 0. The van der Waals surface area contributed by atoms with Gasteiger partial charge in [0.2, 0.25) is 0 Å². The molecular weight excluding hydrogens is 214 g/mol. The molecule has 0 radical (unpaired) electrons. The Morgan fingerprint density at radius 2 is 1.79 bits per heavy atom. The number of halogens is 1. The monoisotopic (exact) mass is 231 g/mol. The lowest BCUT2D eigenvalue weighted by Crippen LogP contribution is -2.07. The third kappa shape index (κ3) is 3.91. The molecule has 1 atom stereocenters. The Bertz CT molecular complexity index is 248. The fourth-order valence-corrected chi connectivity index (χ4v) is 1.88. The highest BCUT2D eigenvalue weighted by Crippen LogP contribution is 2.20. The third-order valence-electron chi connectivity index (χ3n) is 2.06. The minimum Gasteiger partial charge on any atom is -0.324 e. The first kappa shape index (κ1) is 13.8. The molecule has 0 aliphatic rings. The lowest BCUT2D eigenvalue weighted by atomic mass is 10.1. The SMILES string of the molecule is CCSc1ccc([C@@H](N)CC)cc1.Cl. The summed E-state index contributed by atoms with van der Waals surface area (Å²) in [4.78, 5) is 1.33. The van der Waals surface area contributed by atoms with Crippen LogP contribution in [-0.4, -0.2) is 5.75 Å². The topological polar surface area (TPSA) is 26.0 Å². The van der Waals surface area contributed by atoms with Crippen molar-refractivity contribution in [2.45, 2.75) is 31.2 Å². The summed E-state index contributed by atoms with van der Waals surface area (Å²) in [5.41, 5.74) is 7.15. The molecule has 3 heteroatoms. The van der Waals surface area contributed by atoms with Gasteiger partial charge in [-0.05, 0) is 29.9 Å². The second-order valence-electron chi connectivity index (χ2n) is 3.02. The second-order valence-corrected chi connectivity index (χ2v) is 4.35. The molecule has 1 rings (SSSR count). The molecule has 0 amide bonds. The first-order valence-electron chi connectivity index (χ1n) is 4.76. The van der Waals surface area contributed by atoms with Gasteiger partial charge in [0, 0.05) is 10.9 Å². The highest BCUT2D eigenvalue weighted by molar-refractivity contribution is 7.99. The van der Waals surface area contributed by atoms with E-state index in [1.54, 1.807) is 0 Å². The highest BCUT2D eigenvalue weighted by Gasteiger charge is 2.01. The molecular formula is C11H18ClNS. The van der Waals surface area contributed by atoms with E-state index in [-0.39, 0.29) is 18.4 Å². The minimum absolute atomic E-state index is 0. The number of thioether (sulfide) groups is 1. The van der Waals surface area contributed by atoms with Crippen molar-refractivity contribution in [1.82, 2.24) is 0 Å². The molecule has 0 aromatic heterocycles. The number of nitrogens with two attached hydrogens (primary N) is 1. The van der Waals surface area contributed by atoms with Crippen LogP contribution in [0.2, 0.25) is 0 Å². The van der Waals surface area contributed by atoms with Crippen LogP contribution in [0, 0.1) is 0 Å². The van der Waals surface area contributed by atoms with Crippen molar-refractivity contribution in [2.24, 2.45) is 5.73 Å². The van der Waals surface area contributed by atoms with Gasteiger partial charge in [-0.2, -0.15) is 0 Å². The lowest BCUT2D eigenvalue weighted by Gasteiger charge is -2.09. The summed E-state index contributed by atoms with van der Waals surface area (Å²) in [5, 5.41) is 0. The Morgan fingerprint density at radius 3 is 2.21 bits per heavy atom. The molecule has 0 saturated heterocycles. The molecule has 0 saturated carbocycles. The van der Waals surface area contributed by atoms with Crippen LogP contribution in [0.15, 0.2) is 29.2 Å². The summed E-state index contributed by atoms with van der Waals surface area (Å²) >= 11 is 1.86. The van der Waals surface area contributed by atoms with Gasteiger partial charge in [-0.25, -0.2) is 0 Å². The summed E-state index contributed by atoms with van der Waals surface area (Å²) in [6, 6.07) is 8.76. The van der Waals surface area contributed by atoms with E-state index in [4.69, 9.17) is 5.73 Å². The van der Waals surface area contributed by atoms with Gasteiger partial charge in [0.15, 0.2) is 0 Å². The molecule has 0 spiro atoms. The largest absolute Gasteiger partial charge is 0.324 e. The van der Waals surface area contributed by atoms with Gasteiger partial charge >= 0.3 is 0 Å². The maximum atomic E-state index is 5.91. The zero-order valence-electron chi connectivity index (χ0n) is 8.69. The molecule has 0 fully saturated rings. The Labute approximate surface area is 96.9 Å². The Morgan fingerprint density at radius 1 is 1.21 bits per heavy atom. The van der Waals surface area contributed by atoms with Crippen molar-refractivity contribution in [3.8, 4) is 0 Å². The van der Waals surface area contributed by atoms with Gasteiger partial charge in [0.25, 0.3) is 0 Å². The standard InChI is InChI=1S/C11H17NS.ClH/c1-3-11(12)9-5-7-10(8-6-9)13-4-2;/h5-8,11H,3-4,12H2,1-2H3;1H/t11-;/m0./s1. The number of hydrogen-bond donors (Lipinski definition) is 1. The molecule has 0 aliphatic carbocycles. The van der Waals surface area contributed by atoms with Crippen molar-refractivity contribution in [3.05, 3.63) is 29.8 Å². The first-order valence-corrected chi connectivity index (χ1v) is 5.74. The van der Waals surface area contributed by atoms with Gasteiger partial charge in [0.05, 0.1) is 0 Å². The molecule has 1 aromatic carbocycles. The van der Waals surface area contributed by atoms with Gasteiger partial charge in [-0.1, -0.05) is 26.0 Å². The van der Waals surface area contributed by atoms with Crippen LogP contribution >= 0.6 is 24.2 Å². The predicted molar refractivity (Wildman–Crippen MR) is 67.3 cm³/mol. The zero-order valence-corrected chi connectivity index (χ0v) is 10.3. The maximum Gasteiger partial charge on any atom is 0.0292 e. The molecule has 2 N–H and O–H groups in total. The fourth-order valence-electron chi connectivity index (χ4n) is 1.21. The fraction of sp³-hybridized carbons (Fsp3) is 0.455. The zero-order chi connectivity index (χ0) is 9.68. The summed E-state index contributed by atoms with van der Waals surface area (Å²) < 4.78 is 0. The van der Waals surface area contributed by atoms with E-state index in [9.17, 15) is 0 Å². The van der Waals surface area contributed by atoms with Crippen molar-refractivity contribution in [1.29, 1.82) is 0 Å². The van der Waals surface area contributed by atoms with E-state index >= 15 is 0 Å². The molecule has 1 aromatic rings. The van der Waals surface area contributed by atoms with Gasteiger partial charge in [-0.3, -0.25) is 0 Å². The van der Waals surface area contributed by atoms with Gasteiger partial charge < -0.3 is 5.73 Å². The lowest BCUT2D eigenvalue weighted by molar-refractivity contribution is 0.698. The minimum atomic E-state index is 0. The highest BCUT2D eigenvalue weighted by atomic mass is 35.5. The van der Waals surface area contributed by atoms with Crippen LogP contribution in [0.1, 0.15) is 31.9 Å². The molecule has 1 nitrogen and oxygen atoms in total. The molecule has 80 valence electrons. The molecule has 0 unspecified atom stereocenters. The van der Waals surface area contributed by atoms with Crippen LogP contribution < -0.4 is 5.73 Å². The maximum absolute atomic E-state index is 5.91. The molecule has 0 heterocycles. The van der Waals surface area contributed by atoms with E-state index in [1.165, 1.54) is 10.5 Å². The smallest absolute Gasteiger partial charge is 0.0292 e.